The van der Waals surface area contributed by atoms with Crippen molar-refractivity contribution in [1.82, 2.24) is 30.6 Å². The lowest BCUT2D eigenvalue weighted by atomic mass is 10.2. The summed E-state index contributed by atoms with van der Waals surface area (Å²) in [6.45, 7) is 5.91. The number of rotatable bonds is 9. The Hall–Kier alpha value is -2.59. The average Bonchev–Trinajstić information content (AvgIpc) is 3.77. The standard InChI is InChI=1S/C26H34N8S2/c1-3-27-26(35)32-18-9-8-17(12-18)31-23-20(14(2)30-25(34-23)29-13-15-4-5-15)24-33-22-19(36-24)10-11-28-21(22)16-6-7-16/h10-11,15-18H,3-9,12-13H2,1-2H3,(H2,27,32,35)(H2,29,30,31,34). The fourth-order valence-corrected chi connectivity index (χ4v) is 6.42. The van der Waals surface area contributed by atoms with Gasteiger partial charge < -0.3 is 21.3 Å². The van der Waals surface area contributed by atoms with Gasteiger partial charge in [0.2, 0.25) is 5.95 Å². The SMILES string of the molecule is CCNC(=S)NC1CCC(Nc2nc(NCC3CC3)nc(C)c2-c2nc3c(C4CC4)nccc3s2)C1. The molecule has 3 heterocycles. The lowest BCUT2D eigenvalue weighted by Gasteiger charge is -2.19. The second kappa shape index (κ2) is 10.0. The summed E-state index contributed by atoms with van der Waals surface area (Å²) in [5, 5.41) is 15.6. The van der Waals surface area contributed by atoms with E-state index in [0.717, 1.165) is 76.7 Å². The number of aromatic nitrogens is 4. The zero-order valence-corrected chi connectivity index (χ0v) is 22.6. The largest absolute Gasteiger partial charge is 0.366 e. The summed E-state index contributed by atoms with van der Waals surface area (Å²) in [7, 11) is 0. The predicted molar refractivity (Wildman–Crippen MR) is 151 cm³/mol. The second-order valence-corrected chi connectivity index (χ2v) is 11.8. The molecule has 3 aromatic rings. The molecule has 3 aromatic heterocycles. The van der Waals surface area contributed by atoms with Crippen LogP contribution in [0.4, 0.5) is 11.8 Å². The molecule has 3 aliphatic carbocycles. The minimum atomic E-state index is 0.314. The molecule has 0 bridgehead atoms. The van der Waals surface area contributed by atoms with Gasteiger partial charge in [0.1, 0.15) is 16.3 Å². The molecule has 3 fully saturated rings. The number of hydrogen-bond donors (Lipinski definition) is 4. The van der Waals surface area contributed by atoms with E-state index in [1.54, 1.807) is 11.3 Å². The molecule has 0 amide bonds. The number of thiazole rings is 1. The Labute approximate surface area is 221 Å². The zero-order valence-electron chi connectivity index (χ0n) is 20.9. The Balaban J connectivity index is 1.29. The van der Waals surface area contributed by atoms with Gasteiger partial charge in [0.05, 0.1) is 21.7 Å². The highest BCUT2D eigenvalue weighted by atomic mass is 32.1. The van der Waals surface area contributed by atoms with Gasteiger partial charge in [-0.3, -0.25) is 4.98 Å². The smallest absolute Gasteiger partial charge is 0.224 e. The van der Waals surface area contributed by atoms with Crippen LogP contribution in [0.5, 0.6) is 0 Å². The molecule has 36 heavy (non-hydrogen) atoms. The van der Waals surface area contributed by atoms with Crippen LogP contribution in [0.1, 0.15) is 69.2 Å². The molecule has 0 radical (unpaired) electrons. The Morgan fingerprint density at radius 1 is 1.08 bits per heavy atom. The highest BCUT2D eigenvalue weighted by Gasteiger charge is 2.30. The summed E-state index contributed by atoms with van der Waals surface area (Å²) in [5.41, 5.74) is 4.15. The molecule has 0 aromatic carbocycles. The van der Waals surface area contributed by atoms with Crippen LogP contribution in [-0.2, 0) is 0 Å². The van der Waals surface area contributed by atoms with Gasteiger partial charge in [-0.15, -0.1) is 11.3 Å². The maximum Gasteiger partial charge on any atom is 0.224 e. The van der Waals surface area contributed by atoms with Crippen LogP contribution >= 0.6 is 23.6 Å². The van der Waals surface area contributed by atoms with E-state index in [9.17, 15) is 0 Å². The minimum absolute atomic E-state index is 0.314. The van der Waals surface area contributed by atoms with Crippen molar-refractivity contribution in [2.45, 2.75) is 76.8 Å². The first-order valence-corrected chi connectivity index (χ1v) is 14.5. The van der Waals surface area contributed by atoms with Crippen molar-refractivity contribution in [3.8, 4) is 10.6 Å². The van der Waals surface area contributed by atoms with Gasteiger partial charge in [-0.1, -0.05) is 0 Å². The molecule has 0 saturated heterocycles. The second-order valence-electron chi connectivity index (χ2n) is 10.4. The Morgan fingerprint density at radius 2 is 1.92 bits per heavy atom. The van der Waals surface area contributed by atoms with Gasteiger partial charge in [-0.2, -0.15) is 4.98 Å². The fourth-order valence-electron chi connectivity index (χ4n) is 5.04. The maximum absolute atomic E-state index is 5.41. The topological polar surface area (TPSA) is 99.7 Å². The van der Waals surface area contributed by atoms with E-state index in [4.69, 9.17) is 27.2 Å². The number of pyridine rings is 1. The number of fused-ring (bicyclic) bond motifs is 1. The van der Waals surface area contributed by atoms with Gasteiger partial charge in [-0.05, 0) is 83.0 Å². The first kappa shape index (κ1) is 23.8. The van der Waals surface area contributed by atoms with Gasteiger partial charge in [0.25, 0.3) is 0 Å². The third-order valence-electron chi connectivity index (χ3n) is 7.30. The van der Waals surface area contributed by atoms with E-state index in [1.807, 2.05) is 6.20 Å². The van der Waals surface area contributed by atoms with Crippen LogP contribution in [0.2, 0.25) is 0 Å². The maximum atomic E-state index is 5.41. The molecular formula is C26H34N8S2. The van der Waals surface area contributed by atoms with Crippen LogP contribution in [0.25, 0.3) is 20.8 Å². The zero-order chi connectivity index (χ0) is 24.6. The van der Waals surface area contributed by atoms with Crippen LogP contribution in [-0.4, -0.2) is 50.2 Å². The molecule has 8 nitrogen and oxygen atoms in total. The first-order valence-electron chi connectivity index (χ1n) is 13.3. The van der Waals surface area contributed by atoms with Crippen molar-refractivity contribution in [2.24, 2.45) is 5.92 Å². The third-order valence-corrected chi connectivity index (χ3v) is 8.60. The average molecular weight is 523 g/mol. The Morgan fingerprint density at radius 3 is 2.69 bits per heavy atom. The van der Waals surface area contributed by atoms with Crippen molar-refractivity contribution in [3.63, 3.8) is 0 Å². The van der Waals surface area contributed by atoms with E-state index < -0.39 is 0 Å². The van der Waals surface area contributed by atoms with Crippen molar-refractivity contribution in [1.29, 1.82) is 0 Å². The quantitative estimate of drug-likeness (QED) is 0.290. The molecule has 2 unspecified atom stereocenters. The van der Waals surface area contributed by atoms with Crippen molar-refractivity contribution < 1.29 is 0 Å². The van der Waals surface area contributed by atoms with Crippen molar-refractivity contribution >= 4 is 50.6 Å². The molecule has 10 heteroatoms. The number of thiocarbonyl (C=S) groups is 1. The highest BCUT2D eigenvalue weighted by Crippen LogP contribution is 2.44. The molecule has 6 rings (SSSR count). The molecule has 4 N–H and O–H groups in total. The Kier molecular flexibility index (Phi) is 6.64. The number of nitrogens with zero attached hydrogens (tertiary/aromatic N) is 4. The molecule has 0 spiro atoms. The summed E-state index contributed by atoms with van der Waals surface area (Å²) in [6.07, 6.45) is 10.1. The first-order chi connectivity index (χ1) is 17.6. The van der Waals surface area contributed by atoms with Crippen LogP contribution in [0, 0.1) is 12.8 Å². The molecule has 2 atom stereocenters. The number of nitrogens with one attached hydrogen (secondary N) is 4. The van der Waals surface area contributed by atoms with Gasteiger partial charge >= 0.3 is 0 Å². The predicted octanol–water partition coefficient (Wildman–Crippen LogP) is 4.97. The van der Waals surface area contributed by atoms with Gasteiger partial charge in [0.15, 0.2) is 5.11 Å². The highest BCUT2D eigenvalue weighted by molar-refractivity contribution is 7.80. The lowest BCUT2D eigenvalue weighted by molar-refractivity contribution is 0.614. The number of aryl methyl sites for hydroxylation is 1. The fraction of sp³-hybridized carbons (Fsp3) is 0.577. The Bertz CT molecular complexity index is 1270. The third kappa shape index (κ3) is 5.25. The van der Waals surface area contributed by atoms with E-state index in [1.165, 1.54) is 30.4 Å². The van der Waals surface area contributed by atoms with E-state index in [0.29, 0.717) is 23.9 Å². The number of hydrogen-bond acceptors (Lipinski definition) is 8. The summed E-state index contributed by atoms with van der Waals surface area (Å²) in [6, 6.07) is 2.76. The molecular weight excluding hydrogens is 488 g/mol. The number of anilines is 2. The normalized spacial score (nSPS) is 21.5. The van der Waals surface area contributed by atoms with Crippen molar-refractivity contribution in [3.05, 3.63) is 23.7 Å². The van der Waals surface area contributed by atoms with E-state index in [-0.39, 0.29) is 0 Å². The van der Waals surface area contributed by atoms with Crippen LogP contribution < -0.4 is 21.3 Å². The minimum Gasteiger partial charge on any atom is -0.366 e. The van der Waals surface area contributed by atoms with Crippen LogP contribution in [0.15, 0.2) is 12.3 Å². The van der Waals surface area contributed by atoms with Gasteiger partial charge in [0, 0.05) is 37.3 Å². The van der Waals surface area contributed by atoms with Crippen LogP contribution in [0.3, 0.4) is 0 Å². The molecule has 3 saturated carbocycles. The lowest BCUT2D eigenvalue weighted by Crippen LogP contribution is -2.41. The van der Waals surface area contributed by atoms with E-state index in [2.05, 4.69) is 46.2 Å². The van der Waals surface area contributed by atoms with Crippen molar-refractivity contribution in [2.75, 3.05) is 23.7 Å². The summed E-state index contributed by atoms with van der Waals surface area (Å²) in [5.74, 6) is 2.89. The van der Waals surface area contributed by atoms with Gasteiger partial charge in [-0.25, -0.2) is 9.97 Å². The van der Waals surface area contributed by atoms with E-state index >= 15 is 0 Å². The summed E-state index contributed by atoms with van der Waals surface area (Å²) < 4.78 is 1.19. The monoisotopic (exact) mass is 522 g/mol. The summed E-state index contributed by atoms with van der Waals surface area (Å²) in [4.78, 5) is 19.6. The summed E-state index contributed by atoms with van der Waals surface area (Å²) >= 11 is 7.13. The molecule has 0 aliphatic heterocycles. The molecule has 190 valence electrons. The molecule has 3 aliphatic rings.